The van der Waals surface area contributed by atoms with Gasteiger partial charge in [-0.3, -0.25) is 4.68 Å². The van der Waals surface area contributed by atoms with Crippen LogP contribution in [0.4, 0.5) is 5.69 Å². The lowest BCUT2D eigenvalue weighted by Gasteiger charge is -2.18. The molecule has 1 aromatic carbocycles. The minimum atomic E-state index is -0.0283. The van der Waals surface area contributed by atoms with Gasteiger partial charge in [0, 0.05) is 18.3 Å². The van der Waals surface area contributed by atoms with E-state index < -0.39 is 0 Å². The van der Waals surface area contributed by atoms with Crippen LogP contribution in [-0.2, 0) is 12.1 Å². The fourth-order valence-electron chi connectivity index (χ4n) is 1.67. The molecule has 0 aliphatic rings. The van der Waals surface area contributed by atoms with E-state index in [9.17, 15) is 0 Å². The molecule has 0 aliphatic carbocycles. The number of rotatable bonds is 3. The lowest BCUT2D eigenvalue weighted by molar-refractivity contribution is 0.355. The summed E-state index contributed by atoms with van der Waals surface area (Å²) in [4.78, 5) is 0. The Kier molecular flexibility index (Phi) is 4.52. The van der Waals surface area contributed by atoms with Crippen molar-refractivity contribution in [1.82, 2.24) is 9.78 Å². The van der Waals surface area contributed by atoms with Gasteiger partial charge in [0.05, 0.1) is 32.5 Å². The van der Waals surface area contributed by atoms with Gasteiger partial charge in [-0.15, -0.1) is 0 Å². The first-order valence-electron chi connectivity index (χ1n) is 6.20. The second-order valence-electron chi connectivity index (χ2n) is 5.56. The van der Waals surface area contributed by atoms with Crippen LogP contribution < -0.4 is 5.32 Å². The van der Waals surface area contributed by atoms with Crippen LogP contribution in [-0.4, -0.2) is 9.78 Å². The van der Waals surface area contributed by atoms with E-state index in [0.29, 0.717) is 21.6 Å². The highest BCUT2D eigenvalue weighted by Crippen LogP contribution is 2.32. The zero-order valence-corrected chi connectivity index (χ0v) is 13.8. The first-order chi connectivity index (χ1) is 9.27. The molecule has 6 heteroatoms. The van der Waals surface area contributed by atoms with E-state index >= 15 is 0 Å². The number of nitrogens with one attached hydrogen (secondary N) is 1. The van der Waals surface area contributed by atoms with Crippen molar-refractivity contribution in [3.63, 3.8) is 0 Å². The molecule has 0 amide bonds. The summed E-state index contributed by atoms with van der Waals surface area (Å²) in [5.41, 5.74) is 1.80. The normalized spacial score (nSPS) is 11.7. The van der Waals surface area contributed by atoms with Crippen LogP contribution in [0, 0.1) is 0 Å². The smallest absolute Gasteiger partial charge is 0.0653 e. The molecule has 0 aliphatic heterocycles. The fourth-order valence-corrected chi connectivity index (χ4v) is 2.29. The van der Waals surface area contributed by atoms with Crippen LogP contribution in [0.1, 0.15) is 26.3 Å². The van der Waals surface area contributed by atoms with E-state index in [-0.39, 0.29) is 5.54 Å². The van der Waals surface area contributed by atoms with Crippen LogP contribution in [0.2, 0.25) is 15.1 Å². The van der Waals surface area contributed by atoms with E-state index in [0.717, 1.165) is 11.3 Å². The van der Waals surface area contributed by atoms with Gasteiger partial charge < -0.3 is 5.32 Å². The van der Waals surface area contributed by atoms with Crippen molar-refractivity contribution < 1.29 is 0 Å². The van der Waals surface area contributed by atoms with Crippen molar-refractivity contribution >= 4 is 40.5 Å². The van der Waals surface area contributed by atoms with Crippen molar-refractivity contribution in [3.05, 3.63) is 45.2 Å². The number of aromatic nitrogens is 2. The third-order valence-electron chi connectivity index (χ3n) is 2.82. The van der Waals surface area contributed by atoms with E-state index in [1.807, 2.05) is 17.1 Å². The molecule has 0 saturated carbocycles. The van der Waals surface area contributed by atoms with Gasteiger partial charge >= 0.3 is 0 Å². The quantitative estimate of drug-likeness (QED) is 0.782. The number of anilines is 1. The van der Waals surface area contributed by atoms with Crippen LogP contribution in [0.25, 0.3) is 0 Å². The van der Waals surface area contributed by atoms with Gasteiger partial charge in [0.2, 0.25) is 0 Å². The van der Waals surface area contributed by atoms with Gasteiger partial charge in [0.15, 0.2) is 0 Å². The minimum absolute atomic E-state index is 0.0283. The summed E-state index contributed by atoms with van der Waals surface area (Å²) in [6, 6.07) is 3.35. The SMILES string of the molecule is CC(C)(C)n1cc(CNc2cc(Cl)c(Cl)cc2Cl)cn1. The molecule has 0 spiro atoms. The fraction of sp³-hybridized carbons (Fsp3) is 0.357. The molecule has 1 heterocycles. The van der Waals surface area contributed by atoms with Crippen molar-refractivity contribution in [1.29, 1.82) is 0 Å². The average molecular weight is 333 g/mol. The van der Waals surface area contributed by atoms with E-state index in [1.165, 1.54) is 0 Å². The van der Waals surface area contributed by atoms with Crippen molar-refractivity contribution in [3.8, 4) is 0 Å². The highest BCUT2D eigenvalue weighted by atomic mass is 35.5. The highest BCUT2D eigenvalue weighted by molar-refractivity contribution is 6.44. The standard InChI is InChI=1S/C14H16Cl3N3/c1-14(2,3)20-8-9(7-19-20)6-18-13-5-11(16)10(15)4-12(13)17/h4-5,7-8,18H,6H2,1-3H3. The summed E-state index contributed by atoms with van der Waals surface area (Å²) < 4.78 is 1.93. The molecule has 0 radical (unpaired) electrons. The zero-order valence-electron chi connectivity index (χ0n) is 11.5. The first kappa shape index (κ1) is 15.5. The molecule has 0 fully saturated rings. The molecule has 0 saturated heterocycles. The Labute approximate surface area is 133 Å². The average Bonchev–Trinajstić information content (AvgIpc) is 2.80. The summed E-state index contributed by atoms with van der Waals surface area (Å²) in [5.74, 6) is 0. The molecule has 0 bridgehead atoms. The Morgan fingerprint density at radius 1 is 1.10 bits per heavy atom. The predicted molar refractivity (Wildman–Crippen MR) is 86.0 cm³/mol. The summed E-state index contributed by atoms with van der Waals surface area (Å²) in [5, 5.41) is 9.05. The third kappa shape index (κ3) is 3.60. The summed E-state index contributed by atoms with van der Waals surface area (Å²) in [6.07, 6.45) is 3.85. The molecule has 20 heavy (non-hydrogen) atoms. The van der Waals surface area contributed by atoms with Gasteiger partial charge in [-0.25, -0.2) is 0 Å². The number of hydrogen-bond donors (Lipinski definition) is 1. The molecule has 108 valence electrons. The van der Waals surface area contributed by atoms with Gasteiger partial charge in [0.1, 0.15) is 0 Å². The van der Waals surface area contributed by atoms with Crippen molar-refractivity contribution in [2.75, 3.05) is 5.32 Å². The van der Waals surface area contributed by atoms with Gasteiger partial charge in [-0.2, -0.15) is 5.10 Å². The largest absolute Gasteiger partial charge is 0.380 e. The predicted octanol–water partition coefficient (Wildman–Crippen LogP) is 5.21. The Balaban J connectivity index is 2.09. The molecule has 2 aromatic rings. The Morgan fingerprint density at radius 2 is 1.75 bits per heavy atom. The lowest BCUT2D eigenvalue weighted by atomic mass is 10.1. The summed E-state index contributed by atoms with van der Waals surface area (Å²) in [6.45, 7) is 6.93. The van der Waals surface area contributed by atoms with E-state index in [1.54, 1.807) is 12.1 Å². The number of benzene rings is 1. The number of halogens is 3. The third-order valence-corrected chi connectivity index (χ3v) is 3.85. The maximum Gasteiger partial charge on any atom is 0.0653 e. The zero-order chi connectivity index (χ0) is 14.9. The van der Waals surface area contributed by atoms with E-state index in [2.05, 4.69) is 31.2 Å². The monoisotopic (exact) mass is 331 g/mol. The van der Waals surface area contributed by atoms with Crippen LogP contribution in [0.5, 0.6) is 0 Å². The van der Waals surface area contributed by atoms with Gasteiger partial charge in [-0.1, -0.05) is 34.8 Å². The van der Waals surface area contributed by atoms with E-state index in [4.69, 9.17) is 34.8 Å². The molecule has 1 N–H and O–H groups in total. The number of hydrogen-bond acceptors (Lipinski definition) is 2. The molecule has 1 aromatic heterocycles. The van der Waals surface area contributed by atoms with Gasteiger partial charge in [0.25, 0.3) is 0 Å². The van der Waals surface area contributed by atoms with Crippen LogP contribution >= 0.6 is 34.8 Å². The second kappa shape index (κ2) is 5.84. The summed E-state index contributed by atoms with van der Waals surface area (Å²) >= 11 is 18.0. The topological polar surface area (TPSA) is 29.9 Å². The summed E-state index contributed by atoms with van der Waals surface area (Å²) in [7, 11) is 0. The molecular weight excluding hydrogens is 317 g/mol. The number of nitrogens with zero attached hydrogens (tertiary/aromatic N) is 2. The second-order valence-corrected chi connectivity index (χ2v) is 6.79. The minimum Gasteiger partial charge on any atom is -0.380 e. The first-order valence-corrected chi connectivity index (χ1v) is 7.33. The van der Waals surface area contributed by atoms with Crippen molar-refractivity contribution in [2.24, 2.45) is 0 Å². The Hall–Kier alpha value is -0.900. The maximum atomic E-state index is 6.12. The molecule has 0 unspecified atom stereocenters. The van der Waals surface area contributed by atoms with Crippen molar-refractivity contribution in [2.45, 2.75) is 32.9 Å². The van der Waals surface area contributed by atoms with Gasteiger partial charge in [-0.05, 0) is 32.9 Å². The van der Waals surface area contributed by atoms with Crippen LogP contribution in [0.15, 0.2) is 24.5 Å². The van der Waals surface area contributed by atoms with Crippen LogP contribution in [0.3, 0.4) is 0 Å². The highest BCUT2D eigenvalue weighted by Gasteiger charge is 2.14. The molecular formula is C14H16Cl3N3. The Bertz CT molecular complexity index is 615. The molecule has 0 atom stereocenters. The Morgan fingerprint density at radius 3 is 2.35 bits per heavy atom. The maximum absolute atomic E-state index is 6.12. The molecule has 2 rings (SSSR count). The molecule has 3 nitrogen and oxygen atoms in total. The lowest BCUT2D eigenvalue weighted by Crippen LogP contribution is -2.21.